The Balaban J connectivity index is 3.70. The topological polar surface area (TPSA) is 66.8 Å². The molecule has 0 aliphatic rings. The summed E-state index contributed by atoms with van der Waals surface area (Å²) in [6.07, 6.45) is 38.3. The molecule has 0 radical (unpaired) electrons. The third kappa shape index (κ3) is 28.6. The van der Waals surface area contributed by atoms with Crippen molar-refractivity contribution in [3.63, 3.8) is 0 Å². The van der Waals surface area contributed by atoms with Gasteiger partial charge in [-0.05, 0) is 44.6 Å². The van der Waals surface area contributed by atoms with E-state index in [4.69, 9.17) is 8.17 Å². The minimum Gasteiger partial charge on any atom is -0.481 e. The summed E-state index contributed by atoms with van der Waals surface area (Å²) in [5, 5.41) is 18.6. The number of hydrogen-bond acceptors (Lipinski definition) is 3. The van der Waals surface area contributed by atoms with Crippen LogP contribution >= 0.6 is 23.0 Å². The Morgan fingerprint density at radius 2 is 1.49 bits per heavy atom. The van der Waals surface area contributed by atoms with E-state index in [9.17, 15) is 9.90 Å². The van der Waals surface area contributed by atoms with Gasteiger partial charge in [-0.3, -0.25) is 4.79 Å². The summed E-state index contributed by atoms with van der Waals surface area (Å²) in [5.74, 6) is 0.106. The van der Waals surface area contributed by atoms with Gasteiger partial charge < -0.3 is 13.3 Å². The molecule has 2 N–H and O–H groups in total. The summed E-state index contributed by atoms with van der Waals surface area (Å²) in [7, 11) is 0. The van der Waals surface area contributed by atoms with Gasteiger partial charge in [0.1, 0.15) is 0 Å². The molecule has 1 atom stereocenters. The predicted octanol–water partition coefficient (Wildman–Crippen LogP) is 9.88. The van der Waals surface area contributed by atoms with Crippen LogP contribution in [0.2, 0.25) is 0 Å². The van der Waals surface area contributed by atoms with Crippen LogP contribution < -0.4 is 0 Å². The highest BCUT2D eigenvalue weighted by atomic mass is 127. The Morgan fingerprint density at radius 1 is 0.838 bits per heavy atom. The van der Waals surface area contributed by atoms with Gasteiger partial charge in [-0.1, -0.05) is 125 Å². The Kier molecular flexibility index (Phi) is 27.3. The van der Waals surface area contributed by atoms with E-state index in [0.717, 1.165) is 44.3 Å². The van der Waals surface area contributed by atoms with Crippen molar-refractivity contribution in [2.24, 2.45) is 0 Å². The first-order chi connectivity index (χ1) is 18.1. The molecule has 37 heavy (non-hydrogen) atoms. The molecule has 0 amide bonds. The smallest absolute Gasteiger partial charge is 0.303 e. The van der Waals surface area contributed by atoms with E-state index in [2.05, 4.69) is 43.0 Å². The van der Waals surface area contributed by atoms with Crippen LogP contribution in [0.5, 0.6) is 0 Å². The molecule has 5 heteroatoms. The summed E-state index contributed by atoms with van der Waals surface area (Å²) in [6.45, 7) is 2.10. The number of carboxylic acids is 1. The van der Waals surface area contributed by atoms with Gasteiger partial charge in [0.2, 0.25) is 0 Å². The van der Waals surface area contributed by atoms with E-state index < -0.39 is 12.1 Å². The fourth-order valence-corrected chi connectivity index (χ4v) is 3.89. The monoisotopic (exact) mass is 624 g/mol. The van der Waals surface area contributed by atoms with Crippen LogP contribution in [0.25, 0.3) is 0 Å². The van der Waals surface area contributed by atoms with Gasteiger partial charge in [-0.15, -0.1) is 0 Å². The molecular weight excluding hydrogens is 575 g/mol. The van der Waals surface area contributed by atoms with Crippen LogP contribution in [0, 0.1) is 0 Å². The highest BCUT2D eigenvalue weighted by Crippen LogP contribution is 2.12. The van der Waals surface area contributed by atoms with E-state index in [1.807, 2.05) is 53.4 Å². The molecule has 0 saturated heterocycles. The number of unbranched alkanes of at least 4 members (excludes halogenated alkanes) is 10. The van der Waals surface area contributed by atoms with Gasteiger partial charge in [0.15, 0.2) is 28.8 Å². The molecule has 0 aromatic heterocycles. The molecule has 0 aliphatic heterocycles. The summed E-state index contributed by atoms with van der Waals surface area (Å²) < 4.78 is 5.25. The van der Waals surface area contributed by atoms with Crippen molar-refractivity contribution in [3.8, 4) is 0 Å². The number of carboxylic acid groups (broad SMARTS) is 1. The highest BCUT2D eigenvalue weighted by molar-refractivity contribution is 14.1. The van der Waals surface area contributed by atoms with Crippen molar-refractivity contribution in [1.82, 2.24) is 0 Å². The van der Waals surface area contributed by atoms with Crippen molar-refractivity contribution in [3.05, 3.63) is 78.3 Å². The Bertz CT molecular complexity index is 755. The maximum atomic E-state index is 10.4. The summed E-state index contributed by atoms with van der Waals surface area (Å²) in [6, 6.07) is 0. The van der Waals surface area contributed by atoms with Gasteiger partial charge in [0.25, 0.3) is 0 Å². The van der Waals surface area contributed by atoms with Crippen LogP contribution in [-0.2, 0) is 7.86 Å². The Morgan fingerprint density at radius 3 is 2.14 bits per heavy atom. The largest absolute Gasteiger partial charge is 0.481 e. The van der Waals surface area contributed by atoms with Gasteiger partial charge in [-0.25, -0.2) is 0 Å². The number of hydrogen-bond donors (Lipinski definition) is 2. The highest BCUT2D eigenvalue weighted by Gasteiger charge is 1.97. The number of allylic oxidation sites excluding steroid dienone is 8. The molecule has 208 valence electrons. The maximum Gasteiger partial charge on any atom is 0.303 e. The average Bonchev–Trinajstić information content (AvgIpc) is 2.88. The predicted molar refractivity (Wildman–Crippen MR) is 166 cm³/mol. The van der Waals surface area contributed by atoms with Crippen LogP contribution in [0.1, 0.15) is 110 Å². The molecule has 0 heterocycles. The molecule has 0 unspecified atom stereocenters. The lowest BCUT2D eigenvalue weighted by molar-refractivity contribution is -0.137. The average molecular weight is 625 g/mol. The molecule has 0 aromatic carbocycles. The Hall–Kier alpha value is -1.82. The van der Waals surface area contributed by atoms with Crippen molar-refractivity contribution in [2.75, 3.05) is 0 Å². The van der Waals surface area contributed by atoms with Crippen molar-refractivity contribution >= 4 is 29.0 Å². The molecular formula is C32H49IO4. The standard InChI is InChI=1S/C32H49IO4/c1-2-3-20-27-31(37-33)28-23-19-18-22-26-30(34)25-21-16-14-12-10-8-6-4-5-7-9-11-13-15-17-24-29-32(35)36/h3,10,12,16,18-23,26,30,34H,2,4-9,11,13-15,17,24-25,27,29H2,1H3,(H,35,36)/b12-10-,19-18+,20-3-,21-16-,26-22+/t28?,30-/m1/s1. The normalized spacial score (nSPS) is 12.8. The quantitative estimate of drug-likeness (QED) is 0.0280. The third-order valence-electron chi connectivity index (χ3n) is 5.69. The fraction of sp³-hybridized carbons (Fsp3) is 0.562. The van der Waals surface area contributed by atoms with Crippen LogP contribution in [-0.4, -0.2) is 22.3 Å². The van der Waals surface area contributed by atoms with Crippen molar-refractivity contribution < 1.29 is 18.1 Å². The van der Waals surface area contributed by atoms with Crippen molar-refractivity contribution in [1.29, 1.82) is 0 Å². The third-order valence-corrected chi connectivity index (χ3v) is 6.22. The number of aliphatic carboxylic acids is 1. The van der Waals surface area contributed by atoms with Crippen molar-refractivity contribution in [2.45, 2.75) is 116 Å². The number of aliphatic hydroxyl groups excluding tert-OH is 1. The SMILES string of the molecule is CC/C=C\CC(=C=C/C=C/C=C/[C@H](O)C/C=C\C/C=C\CCCCCCCCCCCCC(=O)O)OI. The van der Waals surface area contributed by atoms with Crippen LogP contribution in [0.3, 0.4) is 0 Å². The van der Waals surface area contributed by atoms with Gasteiger partial charge >= 0.3 is 5.97 Å². The van der Waals surface area contributed by atoms with Gasteiger partial charge in [0.05, 0.1) is 6.10 Å². The zero-order valence-electron chi connectivity index (χ0n) is 22.8. The van der Waals surface area contributed by atoms with Gasteiger partial charge in [0, 0.05) is 12.8 Å². The lowest BCUT2D eigenvalue weighted by atomic mass is 10.1. The number of carbonyl (C=O) groups is 1. The molecule has 0 aliphatic carbocycles. The molecule has 0 aromatic rings. The fourth-order valence-electron chi connectivity index (χ4n) is 3.58. The molecule has 0 bridgehead atoms. The summed E-state index contributed by atoms with van der Waals surface area (Å²) in [5.41, 5.74) is 3.10. The van der Waals surface area contributed by atoms with E-state index in [-0.39, 0.29) is 0 Å². The second-order valence-electron chi connectivity index (χ2n) is 9.11. The Labute approximate surface area is 240 Å². The molecule has 0 rings (SSSR count). The summed E-state index contributed by atoms with van der Waals surface area (Å²) >= 11 is 1.87. The summed E-state index contributed by atoms with van der Waals surface area (Å²) in [4.78, 5) is 10.4. The second kappa shape index (κ2) is 28.7. The number of aliphatic hydroxyl groups is 1. The van der Waals surface area contributed by atoms with E-state index in [1.165, 1.54) is 51.4 Å². The lowest BCUT2D eigenvalue weighted by Crippen LogP contribution is -1.98. The molecule has 0 spiro atoms. The second-order valence-corrected chi connectivity index (χ2v) is 9.55. The molecule has 0 saturated carbocycles. The number of halogens is 1. The van der Waals surface area contributed by atoms with Gasteiger partial charge in [-0.2, -0.15) is 0 Å². The van der Waals surface area contributed by atoms with E-state index >= 15 is 0 Å². The minimum absolute atomic E-state index is 0.315. The van der Waals surface area contributed by atoms with E-state index in [0.29, 0.717) is 12.8 Å². The first-order valence-electron chi connectivity index (χ1n) is 14.0. The zero-order chi connectivity index (χ0) is 27.2. The minimum atomic E-state index is -0.676. The lowest BCUT2D eigenvalue weighted by Gasteiger charge is -2.01. The zero-order valence-corrected chi connectivity index (χ0v) is 25.0. The number of rotatable bonds is 24. The van der Waals surface area contributed by atoms with Crippen LogP contribution in [0.4, 0.5) is 0 Å². The van der Waals surface area contributed by atoms with E-state index in [1.54, 1.807) is 6.08 Å². The first kappa shape index (κ1) is 35.2. The van der Waals surface area contributed by atoms with Crippen LogP contribution in [0.15, 0.2) is 78.3 Å². The first-order valence-corrected chi connectivity index (χ1v) is 14.9. The maximum absolute atomic E-state index is 10.4. The molecule has 4 nitrogen and oxygen atoms in total. The molecule has 0 fully saturated rings.